The number of carboxylic acid groups (broad SMARTS) is 1. The van der Waals surface area contributed by atoms with E-state index in [0.717, 1.165) is 5.56 Å². The van der Waals surface area contributed by atoms with Crippen LogP contribution in [0.2, 0.25) is 5.02 Å². The third kappa shape index (κ3) is 3.61. The van der Waals surface area contributed by atoms with Gasteiger partial charge < -0.3 is 14.3 Å². The number of aromatic nitrogens is 1. The first-order valence-electron chi connectivity index (χ1n) is 6.42. The quantitative estimate of drug-likeness (QED) is 0.630. The third-order valence-electron chi connectivity index (χ3n) is 3.36. The molecule has 3 rings (SSSR count). The molecule has 0 saturated carbocycles. The van der Waals surface area contributed by atoms with Crippen molar-refractivity contribution in [1.82, 2.24) is 4.98 Å². The Bertz CT molecular complexity index is 814. The third-order valence-corrected chi connectivity index (χ3v) is 3.61. The van der Waals surface area contributed by atoms with E-state index in [9.17, 15) is 9.90 Å². The van der Waals surface area contributed by atoms with Crippen LogP contribution in [0.1, 0.15) is 18.4 Å². The minimum atomic E-state index is -1.12. The molecule has 0 bridgehead atoms. The molecule has 0 aliphatic rings. The fourth-order valence-electron chi connectivity index (χ4n) is 2.07. The van der Waals surface area contributed by atoms with Crippen molar-refractivity contribution in [2.45, 2.75) is 12.8 Å². The maximum absolute atomic E-state index is 10.9. The number of fused-ring (bicyclic) bond motifs is 1. The molecule has 0 amide bonds. The Kier molecular flexibility index (Phi) is 5.82. The SMILES string of the molecule is C[C@H](C(=O)[O-])c1ccc2oc(-c3ccc(Cl)cc3)nc2c1.[K+]. The molecule has 22 heavy (non-hydrogen) atoms. The summed E-state index contributed by atoms with van der Waals surface area (Å²) in [5, 5.41) is 11.6. The van der Waals surface area contributed by atoms with Crippen LogP contribution in [0.5, 0.6) is 0 Å². The molecule has 0 aliphatic heterocycles. The first-order chi connectivity index (χ1) is 10.0. The summed E-state index contributed by atoms with van der Waals surface area (Å²) in [7, 11) is 0. The van der Waals surface area contributed by atoms with Gasteiger partial charge in [0.2, 0.25) is 5.89 Å². The molecule has 4 nitrogen and oxygen atoms in total. The molecule has 2 aromatic carbocycles. The fraction of sp³-hybridized carbons (Fsp3) is 0.125. The van der Waals surface area contributed by atoms with E-state index in [4.69, 9.17) is 16.0 Å². The summed E-state index contributed by atoms with van der Waals surface area (Å²) in [5.74, 6) is -1.33. The number of hydrogen-bond donors (Lipinski definition) is 0. The van der Waals surface area contributed by atoms with E-state index in [1.165, 1.54) is 0 Å². The van der Waals surface area contributed by atoms with Crippen LogP contribution in [0, 0.1) is 0 Å². The molecule has 0 unspecified atom stereocenters. The van der Waals surface area contributed by atoms with Crippen molar-refractivity contribution in [3.05, 3.63) is 53.1 Å². The summed E-state index contributed by atoms with van der Waals surface area (Å²) in [6, 6.07) is 12.3. The largest absolute Gasteiger partial charge is 1.00 e. The Morgan fingerprint density at radius 2 is 1.91 bits per heavy atom. The van der Waals surface area contributed by atoms with Gasteiger partial charge in [-0.05, 0) is 42.0 Å². The Labute approximate surface area is 174 Å². The second kappa shape index (κ2) is 7.25. The zero-order valence-electron chi connectivity index (χ0n) is 12.2. The number of rotatable bonds is 3. The van der Waals surface area contributed by atoms with Gasteiger partial charge >= 0.3 is 51.4 Å². The predicted molar refractivity (Wildman–Crippen MR) is 77.9 cm³/mol. The predicted octanol–water partition coefficient (Wildman–Crippen LogP) is 0.00560. The molecule has 0 fully saturated rings. The first-order valence-corrected chi connectivity index (χ1v) is 6.79. The number of hydrogen-bond acceptors (Lipinski definition) is 4. The molecule has 1 aromatic heterocycles. The minimum Gasteiger partial charge on any atom is -0.550 e. The second-order valence-corrected chi connectivity index (χ2v) is 5.23. The zero-order valence-corrected chi connectivity index (χ0v) is 16.0. The van der Waals surface area contributed by atoms with Crippen molar-refractivity contribution in [3.63, 3.8) is 0 Å². The summed E-state index contributed by atoms with van der Waals surface area (Å²) < 4.78 is 5.67. The van der Waals surface area contributed by atoms with Crippen LogP contribution in [-0.4, -0.2) is 11.0 Å². The molecule has 1 atom stereocenters. The number of aliphatic carboxylic acids is 1. The van der Waals surface area contributed by atoms with Crippen LogP contribution >= 0.6 is 11.6 Å². The minimum absolute atomic E-state index is 0. The van der Waals surface area contributed by atoms with Crippen LogP contribution in [0.3, 0.4) is 0 Å². The Balaban J connectivity index is 0.00000176. The second-order valence-electron chi connectivity index (χ2n) is 4.79. The van der Waals surface area contributed by atoms with Gasteiger partial charge in [0.25, 0.3) is 0 Å². The zero-order chi connectivity index (χ0) is 15.0. The van der Waals surface area contributed by atoms with Gasteiger partial charge in [-0.15, -0.1) is 0 Å². The van der Waals surface area contributed by atoms with Crippen LogP contribution in [-0.2, 0) is 4.79 Å². The smallest absolute Gasteiger partial charge is 0.550 e. The number of carboxylic acids is 1. The average Bonchev–Trinajstić information content (AvgIpc) is 2.89. The van der Waals surface area contributed by atoms with Crippen LogP contribution in [0.4, 0.5) is 0 Å². The Morgan fingerprint density at radius 3 is 2.55 bits per heavy atom. The number of oxazole rings is 1. The summed E-state index contributed by atoms with van der Waals surface area (Å²) in [4.78, 5) is 15.3. The normalized spacial score (nSPS) is 11.9. The molecule has 0 aliphatic carbocycles. The van der Waals surface area contributed by atoms with Gasteiger partial charge in [-0.3, -0.25) is 0 Å². The average molecular weight is 340 g/mol. The van der Waals surface area contributed by atoms with Gasteiger partial charge in [0.15, 0.2) is 5.58 Å². The number of halogens is 1. The number of carbonyl (C=O) groups excluding carboxylic acids is 1. The maximum atomic E-state index is 10.9. The van der Waals surface area contributed by atoms with Gasteiger partial charge in [-0.2, -0.15) is 0 Å². The first kappa shape index (κ1) is 17.7. The Morgan fingerprint density at radius 1 is 1.23 bits per heavy atom. The number of carbonyl (C=O) groups is 1. The van der Waals surface area contributed by atoms with E-state index < -0.39 is 11.9 Å². The van der Waals surface area contributed by atoms with E-state index in [1.807, 2.05) is 12.1 Å². The van der Waals surface area contributed by atoms with Gasteiger partial charge in [0, 0.05) is 22.5 Å². The molecule has 1 heterocycles. The molecular formula is C16H11ClKNO3. The molecule has 0 radical (unpaired) electrons. The molecule has 6 heteroatoms. The molecule has 0 N–H and O–H groups in total. The van der Waals surface area contributed by atoms with Crippen molar-refractivity contribution < 1.29 is 65.7 Å². The van der Waals surface area contributed by atoms with Crippen molar-refractivity contribution in [2.75, 3.05) is 0 Å². The van der Waals surface area contributed by atoms with Gasteiger partial charge in [-0.1, -0.05) is 24.6 Å². The molecule has 106 valence electrons. The summed E-state index contributed by atoms with van der Waals surface area (Å²) in [6.07, 6.45) is 0. The van der Waals surface area contributed by atoms with E-state index in [0.29, 0.717) is 27.6 Å². The van der Waals surface area contributed by atoms with E-state index >= 15 is 0 Å². The van der Waals surface area contributed by atoms with E-state index in [-0.39, 0.29) is 51.4 Å². The standard InChI is InChI=1S/C16H12ClNO3.K/c1-9(16(19)20)11-4-7-14-13(8-11)18-15(21-14)10-2-5-12(17)6-3-10;/h2-9H,1H3,(H,19,20);/q;+1/p-1/t9-;/m0./s1. The topological polar surface area (TPSA) is 66.2 Å². The van der Waals surface area contributed by atoms with Crippen LogP contribution < -0.4 is 56.5 Å². The van der Waals surface area contributed by atoms with Crippen molar-refractivity contribution >= 4 is 28.7 Å². The molecule has 0 saturated heterocycles. The van der Waals surface area contributed by atoms with Crippen molar-refractivity contribution in [2.24, 2.45) is 0 Å². The molecule has 3 aromatic rings. The monoisotopic (exact) mass is 339 g/mol. The number of nitrogens with zero attached hydrogens (tertiary/aromatic N) is 1. The summed E-state index contributed by atoms with van der Waals surface area (Å²) >= 11 is 5.85. The van der Waals surface area contributed by atoms with Crippen molar-refractivity contribution in [3.8, 4) is 11.5 Å². The molecular weight excluding hydrogens is 329 g/mol. The van der Waals surface area contributed by atoms with Gasteiger partial charge in [0.05, 0.1) is 0 Å². The fourth-order valence-corrected chi connectivity index (χ4v) is 2.19. The molecule has 0 spiro atoms. The summed E-state index contributed by atoms with van der Waals surface area (Å²) in [5.41, 5.74) is 2.67. The van der Waals surface area contributed by atoms with Crippen LogP contribution in [0.25, 0.3) is 22.6 Å². The van der Waals surface area contributed by atoms with Gasteiger partial charge in [0.1, 0.15) is 5.52 Å². The number of benzene rings is 2. The van der Waals surface area contributed by atoms with Crippen LogP contribution in [0.15, 0.2) is 46.9 Å². The maximum Gasteiger partial charge on any atom is 1.00 e. The van der Waals surface area contributed by atoms with Crippen molar-refractivity contribution in [1.29, 1.82) is 0 Å². The van der Waals surface area contributed by atoms with E-state index in [1.54, 1.807) is 37.3 Å². The van der Waals surface area contributed by atoms with Gasteiger partial charge in [-0.25, -0.2) is 4.98 Å². The summed E-state index contributed by atoms with van der Waals surface area (Å²) in [6.45, 7) is 1.58. The van der Waals surface area contributed by atoms with E-state index in [2.05, 4.69) is 4.98 Å². The Hall–Kier alpha value is -0.694.